The van der Waals surface area contributed by atoms with Crippen LogP contribution >= 0.6 is 11.3 Å². The average molecular weight is 261 g/mol. The highest BCUT2D eigenvalue weighted by atomic mass is 32.1. The number of hydrogen-bond donors (Lipinski definition) is 1. The van der Waals surface area contributed by atoms with Gasteiger partial charge in [0, 0.05) is 17.1 Å². The Labute approximate surface area is 110 Å². The van der Waals surface area contributed by atoms with Crippen LogP contribution in [0.3, 0.4) is 0 Å². The van der Waals surface area contributed by atoms with Crippen LogP contribution in [0.25, 0.3) is 0 Å². The maximum absolute atomic E-state index is 11.0. The number of carboxylic acid groups (broad SMARTS) is 1. The molecule has 0 saturated heterocycles. The highest BCUT2D eigenvalue weighted by Gasteiger charge is 2.09. The van der Waals surface area contributed by atoms with Crippen molar-refractivity contribution in [2.45, 2.75) is 13.5 Å². The Morgan fingerprint density at radius 2 is 2.17 bits per heavy atom. The molecule has 1 aromatic heterocycles. The lowest BCUT2D eigenvalue weighted by Gasteiger charge is -2.22. The summed E-state index contributed by atoms with van der Waals surface area (Å²) in [6, 6.07) is 11.2. The molecule has 4 heteroatoms. The summed E-state index contributed by atoms with van der Waals surface area (Å²) in [7, 11) is 0. The van der Waals surface area contributed by atoms with E-state index in [0.29, 0.717) is 5.56 Å². The summed E-state index contributed by atoms with van der Waals surface area (Å²) in [4.78, 5) is 14.4. The summed E-state index contributed by atoms with van der Waals surface area (Å²) in [5.74, 6) is -0.885. The van der Waals surface area contributed by atoms with E-state index >= 15 is 0 Å². The van der Waals surface area contributed by atoms with Gasteiger partial charge in [-0.2, -0.15) is 0 Å². The van der Waals surface area contributed by atoms with Crippen LogP contribution in [0.15, 0.2) is 41.8 Å². The Kier molecular flexibility index (Phi) is 3.99. The number of carbonyl (C=O) groups is 1. The average Bonchev–Trinajstić information content (AvgIpc) is 2.89. The number of aromatic carboxylic acids is 1. The number of thiophene rings is 1. The monoisotopic (exact) mass is 261 g/mol. The van der Waals surface area contributed by atoms with Crippen LogP contribution in [0.1, 0.15) is 22.2 Å². The van der Waals surface area contributed by atoms with Crippen molar-refractivity contribution in [1.82, 2.24) is 0 Å². The normalized spacial score (nSPS) is 10.3. The van der Waals surface area contributed by atoms with Gasteiger partial charge in [-0.25, -0.2) is 4.79 Å². The van der Waals surface area contributed by atoms with E-state index in [4.69, 9.17) is 5.11 Å². The van der Waals surface area contributed by atoms with E-state index in [1.807, 2.05) is 12.1 Å². The van der Waals surface area contributed by atoms with Crippen molar-refractivity contribution < 1.29 is 9.90 Å². The van der Waals surface area contributed by atoms with Gasteiger partial charge in [0.1, 0.15) is 0 Å². The number of carboxylic acids is 1. The van der Waals surface area contributed by atoms with Crippen LogP contribution in [-0.4, -0.2) is 17.6 Å². The van der Waals surface area contributed by atoms with Crippen molar-refractivity contribution in [3.8, 4) is 0 Å². The number of rotatable bonds is 5. The SMILES string of the molecule is CCN(Cc1cccs1)c1cccc(C(=O)O)c1. The molecule has 1 aromatic carbocycles. The van der Waals surface area contributed by atoms with Crippen LogP contribution in [0.2, 0.25) is 0 Å². The van der Waals surface area contributed by atoms with Gasteiger partial charge >= 0.3 is 5.97 Å². The summed E-state index contributed by atoms with van der Waals surface area (Å²) in [5.41, 5.74) is 1.28. The van der Waals surface area contributed by atoms with Gasteiger partial charge in [-0.05, 0) is 36.6 Å². The summed E-state index contributed by atoms with van der Waals surface area (Å²) in [5, 5.41) is 11.1. The molecule has 2 aromatic rings. The predicted molar refractivity (Wildman–Crippen MR) is 74.4 cm³/mol. The van der Waals surface area contributed by atoms with Crippen molar-refractivity contribution in [3.05, 3.63) is 52.2 Å². The van der Waals surface area contributed by atoms with E-state index in [0.717, 1.165) is 18.8 Å². The van der Waals surface area contributed by atoms with Crippen molar-refractivity contribution in [2.24, 2.45) is 0 Å². The number of anilines is 1. The molecule has 3 nitrogen and oxygen atoms in total. The zero-order chi connectivity index (χ0) is 13.0. The molecule has 1 N–H and O–H groups in total. The zero-order valence-corrected chi connectivity index (χ0v) is 11.0. The molecule has 0 unspecified atom stereocenters. The van der Waals surface area contributed by atoms with Crippen molar-refractivity contribution in [1.29, 1.82) is 0 Å². The topological polar surface area (TPSA) is 40.5 Å². The van der Waals surface area contributed by atoms with E-state index in [9.17, 15) is 4.79 Å². The first-order chi connectivity index (χ1) is 8.70. The van der Waals surface area contributed by atoms with Crippen LogP contribution in [0.5, 0.6) is 0 Å². The number of hydrogen-bond acceptors (Lipinski definition) is 3. The Bertz CT molecular complexity index is 522. The molecule has 0 fully saturated rings. The Morgan fingerprint density at radius 1 is 1.33 bits per heavy atom. The maximum Gasteiger partial charge on any atom is 0.335 e. The first-order valence-electron chi connectivity index (χ1n) is 5.81. The third-order valence-electron chi connectivity index (χ3n) is 2.77. The van der Waals surface area contributed by atoms with Crippen molar-refractivity contribution >= 4 is 23.0 Å². The highest BCUT2D eigenvalue weighted by molar-refractivity contribution is 7.09. The highest BCUT2D eigenvalue weighted by Crippen LogP contribution is 2.20. The van der Waals surface area contributed by atoms with Gasteiger partial charge in [-0.15, -0.1) is 11.3 Å². The molecule has 0 aliphatic heterocycles. The molecule has 1 heterocycles. The molecule has 18 heavy (non-hydrogen) atoms. The molecule has 0 amide bonds. The van der Waals surface area contributed by atoms with E-state index in [2.05, 4.69) is 23.3 Å². The molecule has 0 bridgehead atoms. The molecular formula is C14H15NO2S. The van der Waals surface area contributed by atoms with E-state index in [-0.39, 0.29) is 0 Å². The lowest BCUT2D eigenvalue weighted by atomic mass is 10.2. The van der Waals surface area contributed by atoms with Crippen LogP contribution in [0.4, 0.5) is 5.69 Å². The Hall–Kier alpha value is -1.81. The fourth-order valence-electron chi connectivity index (χ4n) is 1.81. The molecule has 0 atom stereocenters. The Morgan fingerprint density at radius 3 is 2.78 bits per heavy atom. The van der Waals surface area contributed by atoms with Crippen molar-refractivity contribution in [2.75, 3.05) is 11.4 Å². The standard InChI is InChI=1S/C14H15NO2S/c1-2-15(10-13-7-4-8-18-13)12-6-3-5-11(9-12)14(16)17/h3-9H,2,10H2,1H3,(H,16,17). The van der Waals surface area contributed by atoms with Gasteiger partial charge < -0.3 is 10.0 Å². The third kappa shape index (κ3) is 2.90. The third-order valence-corrected chi connectivity index (χ3v) is 3.63. The van der Waals surface area contributed by atoms with E-state index in [1.165, 1.54) is 4.88 Å². The first-order valence-corrected chi connectivity index (χ1v) is 6.69. The second-order valence-corrected chi connectivity index (χ2v) is 4.98. The summed E-state index contributed by atoms with van der Waals surface area (Å²) in [6.07, 6.45) is 0. The molecule has 0 spiro atoms. The van der Waals surface area contributed by atoms with E-state index < -0.39 is 5.97 Å². The fraction of sp³-hybridized carbons (Fsp3) is 0.214. The zero-order valence-electron chi connectivity index (χ0n) is 10.2. The summed E-state index contributed by atoms with van der Waals surface area (Å²) < 4.78 is 0. The van der Waals surface area contributed by atoms with Gasteiger partial charge in [-0.1, -0.05) is 12.1 Å². The van der Waals surface area contributed by atoms with E-state index in [1.54, 1.807) is 29.5 Å². The van der Waals surface area contributed by atoms with Gasteiger partial charge in [0.15, 0.2) is 0 Å². The second kappa shape index (κ2) is 5.69. The quantitative estimate of drug-likeness (QED) is 0.896. The molecule has 2 rings (SSSR count). The lowest BCUT2D eigenvalue weighted by Crippen LogP contribution is -2.21. The summed E-state index contributed by atoms with van der Waals surface area (Å²) in [6.45, 7) is 3.74. The second-order valence-electron chi connectivity index (χ2n) is 3.95. The summed E-state index contributed by atoms with van der Waals surface area (Å²) >= 11 is 1.71. The lowest BCUT2D eigenvalue weighted by molar-refractivity contribution is 0.0697. The van der Waals surface area contributed by atoms with Crippen LogP contribution in [-0.2, 0) is 6.54 Å². The molecule has 94 valence electrons. The minimum absolute atomic E-state index is 0.331. The van der Waals surface area contributed by atoms with Crippen LogP contribution < -0.4 is 4.90 Å². The van der Waals surface area contributed by atoms with Gasteiger partial charge in [0.2, 0.25) is 0 Å². The van der Waals surface area contributed by atoms with Crippen LogP contribution in [0, 0.1) is 0 Å². The van der Waals surface area contributed by atoms with Gasteiger partial charge in [-0.3, -0.25) is 0 Å². The minimum Gasteiger partial charge on any atom is -0.478 e. The fourth-order valence-corrected chi connectivity index (χ4v) is 2.53. The largest absolute Gasteiger partial charge is 0.478 e. The van der Waals surface area contributed by atoms with Gasteiger partial charge in [0.05, 0.1) is 12.1 Å². The predicted octanol–water partition coefficient (Wildman–Crippen LogP) is 3.47. The number of nitrogens with zero attached hydrogens (tertiary/aromatic N) is 1. The molecular weight excluding hydrogens is 246 g/mol. The smallest absolute Gasteiger partial charge is 0.335 e. The van der Waals surface area contributed by atoms with Gasteiger partial charge in [0.25, 0.3) is 0 Å². The molecule has 0 saturated carbocycles. The number of benzene rings is 1. The molecule has 0 aliphatic rings. The Balaban J connectivity index is 2.21. The maximum atomic E-state index is 11.0. The van der Waals surface area contributed by atoms with Crippen molar-refractivity contribution in [3.63, 3.8) is 0 Å². The first kappa shape index (κ1) is 12.6. The molecule has 0 radical (unpaired) electrons. The minimum atomic E-state index is -0.885. The molecule has 0 aliphatic carbocycles.